The minimum atomic E-state index is 0.0412. The van der Waals surface area contributed by atoms with Crippen LogP contribution in [0.4, 0.5) is 0 Å². The van der Waals surface area contributed by atoms with Crippen LogP contribution in [0.15, 0.2) is 34.8 Å². The summed E-state index contributed by atoms with van der Waals surface area (Å²) in [7, 11) is 0. The van der Waals surface area contributed by atoms with E-state index in [9.17, 15) is 0 Å². The van der Waals surface area contributed by atoms with Gasteiger partial charge in [0.15, 0.2) is 6.29 Å². The number of rotatable bonds is 6. The quantitative estimate of drug-likeness (QED) is 0.682. The minimum absolute atomic E-state index is 0.0412. The van der Waals surface area contributed by atoms with Gasteiger partial charge in [0.2, 0.25) is 0 Å². The molecule has 0 spiro atoms. The summed E-state index contributed by atoms with van der Waals surface area (Å²) in [5.41, 5.74) is 2.38. The predicted molar refractivity (Wildman–Crippen MR) is 91.4 cm³/mol. The average molecular weight is 312 g/mol. The summed E-state index contributed by atoms with van der Waals surface area (Å²) in [5.74, 6) is 1.53. The normalized spacial score (nSPS) is 23.5. The number of unbranched alkanes of at least 4 members (excludes halogenated alkanes) is 1. The van der Waals surface area contributed by atoms with Gasteiger partial charge in [0.25, 0.3) is 0 Å². The van der Waals surface area contributed by atoms with Gasteiger partial charge >= 0.3 is 0 Å². The highest BCUT2D eigenvalue weighted by Crippen LogP contribution is 2.40. The lowest BCUT2D eigenvalue weighted by Crippen LogP contribution is -2.22. The van der Waals surface area contributed by atoms with Crippen LogP contribution in [0.2, 0.25) is 0 Å². The zero-order valence-electron chi connectivity index (χ0n) is 13.5. The van der Waals surface area contributed by atoms with Crippen molar-refractivity contribution < 1.29 is 13.9 Å². The topological polar surface area (TPSA) is 31.6 Å². The Labute approximate surface area is 137 Å². The maximum absolute atomic E-state index is 5.92. The van der Waals surface area contributed by atoms with Crippen molar-refractivity contribution in [3.63, 3.8) is 0 Å². The van der Waals surface area contributed by atoms with Crippen molar-refractivity contribution in [3.05, 3.63) is 41.7 Å². The molecule has 1 saturated heterocycles. The van der Waals surface area contributed by atoms with E-state index in [2.05, 4.69) is 30.4 Å². The Kier molecular flexibility index (Phi) is 4.49. The number of ether oxygens (including phenoxy) is 2. The highest BCUT2D eigenvalue weighted by molar-refractivity contribution is 5.87. The smallest absolute Gasteiger partial charge is 0.157 e. The molecule has 0 saturated carbocycles. The third kappa shape index (κ3) is 3.22. The second-order valence-electron chi connectivity index (χ2n) is 6.50. The Morgan fingerprint density at radius 3 is 3.00 bits per heavy atom. The molecular weight excluding hydrogens is 288 g/mol. The molecule has 2 atom stereocenters. The monoisotopic (exact) mass is 312 g/mol. The average Bonchev–Trinajstić information content (AvgIpc) is 3.15. The van der Waals surface area contributed by atoms with Gasteiger partial charge in [0, 0.05) is 30.1 Å². The van der Waals surface area contributed by atoms with Crippen molar-refractivity contribution in [2.24, 2.45) is 0 Å². The van der Waals surface area contributed by atoms with Crippen LogP contribution in [0.5, 0.6) is 0 Å². The van der Waals surface area contributed by atoms with Crippen molar-refractivity contribution >= 4 is 17.0 Å². The lowest BCUT2D eigenvalue weighted by Gasteiger charge is -2.22. The molecule has 1 aliphatic heterocycles. The Balaban J connectivity index is 1.27. The number of benzene rings is 1. The maximum atomic E-state index is 5.92. The first kappa shape index (κ1) is 15.0. The summed E-state index contributed by atoms with van der Waals surface area (Å²) in [6, 6.07) is 8.34. The minimum Gasteiger partial charge on any atom is -0.456 e. The Hall–Kier alpha value is -1.58. The molecule has 1 aromatic carbocycles. The summed E-state index contributed by atoms with van der Waals surface area (Å²) in [6.45, 7) is 1.66. The third-order valence-corrected chi connectivity index (χ3v) is 4.86. The van der Waals surface area contributed by atoms with Gasteiger partial charge in [0.05, 0.1) is 0 Å². The van der Waals surface area contributed by atoms with E-state index >= 15 is 0 Å². The molecule has 2 aliphatic rings. The van der Waals surface area contributed by atoms with Crippen LogP contribution in [0.3, 0.4) is 0 Å². The lowest BCUT2D eigenvalue weighted by atomic mass is 9.95. The van der Waals surface area contributed by atoms with E-state index in [1.54, 1.807) is 0 Å². The number of hydrogen-bond acceptors (Lipinski definition) is 3. The summed E-state index contributed by atoms with van der Waals surface area (Å²) in [4.78, 5) is 0. The standard InChI is InChI=1S/C20H24O3/c1-2-9-17-16(8-1)20-15(11-12-18(20)23-17)7-3-5-13-21-19-10-4-6-14-22-19/h1-2,8-9,11-12,15,19H,3-7,10,13-14H2. The fourth-order valence-corrected chi connectivity index (χ4v) is 3.65. The van der Waals surface area contributed by atoms with Crippen LogP contribution >= 0.6 is 0 Å². The molecular formula is C20H24O3. The van der Waals surface area contributed by atoms with Gasteiger partial charge in [-0.15, -0.1) is 0 Å². The molecule has 1 aromatic heterocycles. The van der Waals surface area contributed by atoms with Gasteiger partial charge in [0.1, 0.15) is 11.3 Å². The van der Waals surface area contributed by atoms with Gasteiger partial charge in [-0.25, -0.2) is 0 Å². The van der Waals surface area contributed by atoms with E-state index in [0.717, 1.165) is 43.8 Å². The zero-order chi connectivity index (χ0) is 15.5. The molecule has 0 amide bonds. The van der Waals surface area contributed by atoms with E-state index < -0.39 is 0 Å². The van der Waals surface area contributed by atoms with Crippen LogP contribution in [-0.4, -0.2) is 19.5 Å². The molecule has 0 radical (unpaired) electrons. The van der Waals surface area contributed by atoms with E-state index in [0.29, 0.717) is 5.92 Å². The Morgan fingerprint density at radius 1 is 1.13 bits per heavy atom. The summed E-state index contributed by atoms with van der Waals surface area (Å²) in [6.07, 6.45) is 11.3. The van der Waals surface area contributed by atoms with Crippen LogP contribution in [0.25, 0.3) is 17.0 Å². The molecule has 122 valence electrons. The van der Waals surface area contributed by atoms with E-state index in [-0.39, 0.29) is 6.29 Å². The fourth-order valence-electron chi connectivity index (χ4n) is 3.65. The van der Waals surface area contributed by atoms with Crippen LogP contribution in [-0.2, 0) is 9.47 Å². The van der Waals surface area contributed by atoms with Gasteiger partial charge in [-0.1, -0.05) is 30.7 Å². The Bertz CT molecular complexity index is 679. The summed E-state index contributed by atoms with van der Waals surface area (Å²) in [5, 5.41) is 1.27. The molecule has 3 heteroatoms. The molecule has 4 rings (SSSR count). The highest BCUT2D eigenvalue weighted by Gasteiger charge is 2.23. The van der Waals surface area contributed by atoms with Crippen molar-refractivity contribution in [3.8, 4) is 0 Å². The van der Waals surface area contributed by atoms with Crippen molar-refractivity contribution in [2.45, 2.75) is 50.7 Å². The van der Waals surface area contributed by atoms with Gasteiger partial charge in [-0.2, -0.15) is 0 Å². The van der Waals surface area contributed by atoms with Gasteiger partial charge in [-0.05, 0) is 44.2 Å². The first-order valence-corrected chi connectivity index (χ1v) is 8.84. The number of hydrogen-bond donors (Lipinski definition) is 0. The lowest BCUT2D eigenvalue weighted by molar-refractivity contribution is -0.162. The molecule has 0 bridgehead atoms. The molecule has 0 N–H and O–H groups in total. The first-order valence-electron chi connectivity index (χ1n) is 8.84. The molecule has 23 heavy (non-hydrogen) atoms. The van der Waals surface area contributed by atoms with Crippen LogP contribution in [0, 0.1) is 0 Å². The second-order valence-corrected chi connectivity index (χ2v) is 6.50. The molecule has 2 aromatic rings. The SMILES string of the molecule is C1=CC(CCCCOC2CCCCO2)c2c1oc1ccccc21. The van der Waals surface area contributed by atoms with E-state index in [1.807, 2.05) is 6.07 Å². The van der Waals surface area contributed by atoms with E-state index in [1.165, 1.54) is 30.2 Å². The molecule has 3 nitrogen and oxygen atoms in total. The second kappa shape index (κ2) is 6.90. The van der Waals surface area contributed by atoms with Crippen molar-refractivity contribution in [1.29, 1.82) is 0 Å². The first-order chi connectivity index (χ1) is 11.4. The molecule has 2 heterocycles. The summed E-state index contributed by atoms with van der Waals surface area (Å²) < 4.78 is 17.3. The van der Waals surface area contributed by atoms with Crippen LogP contribution in [0.1, 0.15) is 55.8 Å². The Morgan fingerprint density at radius 2 is 2.09 bits per heavy atom. The molecule has 2 unspecified atom stereocenters. The van der Waals surface area contributed by atoms with Crippen molar-refractivity contribution in [2.75, 3.05) is 13.2 Å². The number of para-hydroxylation sites is 1. The largest absolute Gasteiger partial charge is 0.456 e. The molecule has 1 fully saturated rings. The van der Waals surface area contributed by atoms with Gasteiger partial charge < -0.3 is 13.9 Å². The number of allylic oxidation sites excluding steroid dienone is 1. The highest BCUT2D eigenvalue weighted by atomic mass is 16.7. The number of furan rings is 1. The van der Waals surface area contributed by atoms with Crippen LogP contribution < -0.4 is 0 Å². The fraction of sp³-hybridized carbons (Fsp3) is 0.500. The maximum Gasteiger partial charge on any atom is 0.157 e. The van der Waals surface area contributed by atoms with E-state index in [4.69, 9.17) is 13.9 Å². The molecule has 1 aliphatic carbocycles. The predicted octanol–water partition coefficient (Wildman–Crippen LogP) is 5.26. The van der Waals surface area contributed by atoms with Crippen molar-refractivity contribution in [1.82, 2.24) is 0 Å². The summed E-state index contributed by atoms with van der Waals surface area (Å²) >= 11 is 0. The van der Waals surface area contributed by atoms with Gasteiger partial charge in [-0.3, -0.25) is 0 Å². The zero-order valence-corrected chi connectivity index (χ0v) is 13.5. The third-order valence-electron chi connectivity index (χ3n) is 4.86. The number of fused-ring (bicyclic) bond motifs is 3.